The summed E-state index contributed by atoms with van der Waals surface area (Å²) in [6, 6.07) is 14.8. The van der Waals surface area contributed by atoms with Gasteiger partial charge < -0.3 is 10.1 Å². The third-order valence-electron chi connectivity index (χ3n) is 3.95. The summed E-state index contributed by atoms with van der Waals surface area (Å²) in [6.07, 6.45) is 3.85. The number of hydrogen-bond acceptors (Lipinski definition) is 5. The van der Waals surface area contributed by atoms with Crippen LogP contribution in [-0.4, -0.2) is 17.1 Å². The molecule has 0 saturated heterocycles. The Balaban J connectivity index is 1.65. The lowest BCUT2D eigenvalue weighted by atomic mass is 10.2. The summed E-state index contributed by atoms with van der Waals surface area (Å²) in [4.78, 5) is 11.7. The molecule has 0 radical (unpaired) electrons. The number of imidazole rings is 1. The first-order chi connectivity index (χ1) is 13.1. The normalized spacial score (nSPS) is 10.9. The highest BCUT2D eigenvalue weighted by Crippen LogP contribution is 2.22. The van der Waals surface area contributed by atoms with Gasteiger partial charge in [-0.25, -0.2) is 13.9 Å². The Kier molecular flexibility index (Phi) is 5.61. The third-order valence-corrected chi connectivity index (χ3v) is 3.95. The molecule has 0 atom stereocenters. The van der Waals surface area contributed by atoms with Crippen molar-refractivity contribution >= 4 is 29.0 Å². The largest absolute Gasteiger partial charge is 0.462 e. The van der Waals surface area contributed by atoms with Crippen molar-refractivity contribution in [3.05, 3.63) is 66.5 Å². The number of azo groups is 1. The van der Waals surface area contributed by atoms with Crippen LogP contribution in [0.5, 0.6) is 0 Å². The van der Waals surface area contributed by atoms with Crippen LogP contribution in [-0.2, 0) is 18.8 Å². The standard InChI is InChI=1S/C20H21N5O2/c1-4-27-19(26)15-5-7-16(8-6-15)21-17-9-11-18(12-10-17)22-23-20-24(2)13-14-25(20)3/h5-14H,4H2,1-3H3/p+1. The predicted octanol–water partition coefficient (Wildman–Crippen LogP) is 4.19. The maximum atomic E-state index is 11.7. The Morgan fingerprint density at radius 2 is 1.70 bits per heavy atom. The first-order valence-electron chi connectivity index (χ1n) is 8.64. The van der Waals surface area contributed by atoms with Gasteiger partial charge in [-0.05, 0) is 55.5 Å². The van der Waals surface area contributed by atoms with Crippen LogP contribution in [0.25, 0.3) is 0 Å². The lowest BCUT2D eigenvalue weighted by molar-refractivity contribution is -0.657. The molecule has 0 aliphatic carbocycles. The molecule has 0 aliphatic rings. The van der Waals surface area contributed by atoms with Crippen LogP contribution in [0.1, 0.15) is 17.3 Å². The van der Waals surface area contributed by atoms with Crippen molar-refractivity contribution in [3.8, 4) is 0 Å². The van der Waals surface area contributed by atoms with Gasteiger partial charge in [0.05, 0.1) is 38.7 Å². The van der Waals surface area contributed by atoms with E-state index in [4.69, 9.17) is 4.74 Å². The predicted molar refractivity (Wildman–Crippen MR) is 103 cm³/mol. The van der Waals surface area contributed by atoms with Crippen molar-refractivity contribution in [1.29, 1.82) is 0 Å². The third kappa shape index (κ3) is 4.58. The molecule has 7 heteroatoms. The average molecular weight is 364 g/mol. The van der Waals surface area contributed by atoms with Crippen molar-refractivity contribution in [2.24, 2.45) is 24.3 Å². The SMILES string of the molecule is CCOC(=O)c1ccc(Nc2ccc(N=Nc3n(C)cc[n+]3C)cc2)cc1. The van der Waals surface area contributed by atoms with Crippen molar-refractivity contribution in [1.82, 2.24) is 4.57 Å². The monoisotopic (exact) mass is 364 g/mol. The van der Waals surface area contributed by atoms with Crippen molar-refractivity contribution in [3.63, 3.8) is 0 Å². The molecule has 0 fully saturated rings. The van der Waals surface area contributed by atoms with Crippen molar-refractivity contribution < 1.29 is 14.1 Å². The van der Waals surface area contributed by atoms with E-state index < -0.39 is 0 Å². The van der Waals surface area contributed by atoms with Crippen LogP contribution in [0, 0.1) is 0 Å². The molecular weight excluding hydrogens is 342 g/mol. The molecule has 1 heterocycles. The summed E-state index contributed by atoms with van der Waals surface area (Å²) in [6.45, 7) is 2.15. The van der Waals surface area contributed by atoms with Crippen LogP contribution >= 0.6 is 0 Å². The molecule has 0 unspecified atom stereocenters. The Morgan fingerprint density at radius 3 is 2.26 bits per heavy atom. The van der Waals surface area contributed by atoms with Crippen LogP contribution in [0.2, 0.25) is 0 Å². The lowest BCUT2D eigenvalue weighted by Gasteiger charge is -2.07. The molecule has 0 bridgehead atoms. The van der Waals surface area contributed by atoms with Gasteiger partial charge in [-0.15, -0.1) is 0 Å². The molecule has 1 N–H and O–H groups in total. The molecule has 3 aromatic rings. The number of esters is 1. The van der Waals surface area contributed by atoms with Gasteiger partial charge in [-0.1, -0.05) is 5.11 Å². The minimum atomic E-state index is -0.314. The van der Waals surface area contributed by atoms with Gasteiger partial charge in [0.1, 0.15) is 5.69 Å². The fourth-order valence-electron chi connectivity index (χ4n) is 2.51. The highest BCUT2D eigenvalue weighted by atomic mass is 16.5. The van der Waals surface area contributed by atoms with Crippen molar-refractivity contribution in [2.45, 2.75) is 6.92 Å². The Hall–Kier alpha value is -3.48. The molecule has 27 heavy (non-hydrogen) atoms. The van der Waals surface area contributed by atoms with Gasteiger partial charge in [0.15, 0.2) is 0 Å². The fourth-order valence-corrected chi connectivity index (χ4v) is 2.51. The Morgan fingerprint density at radius 1 is 1.07 bits per heavy atom. The quantitative estimate of drug-likeness (QED) is 0.405. The number of ether oxygens (including phenoxy) is 1. The molecule has 2 aromatic carbocycles. The highest BCUT2D eigenvalue weighted by molar-refractivity contribution is 5.89. The second-order valence-electron chi connectivity index (χ2n) is 5.99. The number of benzene rings is 2. The van der Waals surface area contributed by atoms with Crippen LogP contribution in [0.15, 0.2) is 71.2 Å². The summed E-state index contributed by atoms with van der Waals surface area (Å²) in [5.41, 5.74) is 3.10. The van der Waals surface area contributed by atoms with Gasteiger partial charge in [-0.3, -0.25) is 0 Å². The van der Waals surface area contributed by atoms with E-state index in [1.807, 2.05) is 72.0 Å². The molecule has 1 aromatic heterocycles. The van der Waals surface area contributed by atoms with E-state index in [1.54, 1.807) is 19.1 Å². The van der Waals surface area contributed by atoms with Gasteiger partial charge in [-0.2, -0.15) is 0 Å². The molecule has 0 spiro atoms. The zero-order chi connectivity index (χ0) is 19.2. The summed E-state index contributed by atoms with van der Waals surface area (Å²) >= 11 is 0. The second kappa shape index (κ2) is 8.27. The van der Waals surface area contributed by atoms with Crippen LogP contribution < -0.4 is 9.88 Å². The number of aromatic nitrogens is 2. The molecule has 0 amide bonds. The van der Waals surface area contributed by atoms with Gasteiger partial charge in [0.2, 0.25) is 0 Å². The second-order valence-corrected chi connectivity index (χ2v) is 5.99. The van der Waals surface area contributed by atoms with E-state index in [-0.39, 0.29) is 5.97 Å². The minimum absolute atomic E-state index is 0.314. The van der Waals surface area contributed by atoms with E-state index in [9.17, 15) is 4.79 Å². The maximum Gasteiger partial charge on any atom is 0.421 e. The number of hydrogen-bond donors (Lipinski definition) is 1. The van der Waals surface area contributed by atoms with Gasteiger partial charge in [0, 0.05) is 16.5 Å². The first kappa shape index (κ1) is 18.3. The van der Waals surface area contributed by atoms with E-state index in [2.05, 4.69) is 15.5 Å². The summed E-state index contributed by atoms with van der Waals surface area (Å²) in [7, 11) is 3.85. The number of anilines is 2. The van der Waals surface area contributed by atoms with Gasteiger partial charge >= 0.3 is 11.9 Å². The number of nitrogens with zero attached hydrogens (tertiary/aromatic N) is 4. The molecule has 0 aliphatic heterocycles. The van der Waals surface area contributed by atoms with E-state index in [1.165, 1.54) is 0 Å². The number of carbonyl (C=O) groups is 1. The zero-order valence-corrected chi connectivity index (χ0v) is 15.6. The van der Waals surface area contributed by atoms with Gasteiger partial charge in [0.25, 0.3) is 0 Å². The lowest BCUT2D eigenvalue weighted by Crippen LogP contribution is -2.25. The molecular formula is C20H22N5O2+. The van der Waals surface area contributed by atoms with Crippen LogP contribution in [0.4, 0.5) is 23.0 Å². The number of aryl methyl sites for hydroxylation is 2. The smallest absolute Gasteiger partial charge is 0.421 e. The molecule has 138 valence electrons. The van der Waals surface area contributed by atoms with Crippen LogP contribution in [0.3, 0.4) is 0 Å². The average Bonchev–Trinajstić information content (AvgIpc) is 3.00. The van der Waals surface area contributed by atoms with Crippen molar-refractivity contribution in [2.75, 3.05) is 11.9 Å². The van der Waals surface area contributed by atoms with E-state index >= 15 is 0 Å². The number of nitrogens with one attached hydrogen (secondary N) is 1. The minimum Gasteiger partial charge on any atom is -0.462 e. The summed E-state index contributed by atoms with van der Waals surface area (Å²) < 4.78 is 8.79. The zero-order valence-electron chi connectivity index (χ0n) is 15.6. The first-order valence-corrected chi connectivity index (χ1v) is 8.64. The van der Waals surface area contributed by atoms with E-state index in [0.717, 1.165) is 23.0 Å². The fraction of sp³-hybridized carbons (Fsp3) is 0.200. The molecule has 7 nitrogen and oxygen atoms in total. The number of carbonyl (C=O) groups excluding carboxylic acids is 1. The topological polar surface area (TPSA) is 71.9 Å². The summed E-state index contributed by atoms with van der Waals surface area (Å²) in [5, 5.41) is 11.8. The van der Waals surface area contributed by atoms with E-state index in [0.29, 0.717) is 12.2 Å². The Labute approximate surface area is 157 Å². The molecule has 3 rings (SSSR count). The Bertz CT molecular complexity index is 924. The summed E-state index contributed by atoms with van der Waals surface area (Å²) in [5.74, 6) is 0.448. The molecule has 0 saturated carbocycles. The maximum absolute atomic E-state index is 11.7. The number of rotatable bonds is 6. The highest BCUT2D eigenvalue weighted by Gasteiger charge is 2.10.